The molecular weight excluding hydrogens is 216 g/mol. The largest absolute Gasteiger partial charge is 0.508 e. The highest BCUT2D eigenvalue weighted by atomic mass is 16.4. The third kappa shape index (κ3) is 2.28. The lowest BCUT2D eigenvalue weighted by atomic mass is 9.97. The molecule has 0 aromatic heterocycles. The van der Waals surface area contributed by atoms with Gasteiger partial charge in [0, 0.05) is 0 Å². The summed E-state index contributed by atoms with van der Waals surface area (Å²) in [5.74, 6) is -0.786. The van der Waals surface area contributed by atoms with Gasteiger partial charge in [-0.05, 0) is 36.2 Å². The molecule has 0 unspecified atom stereocenters. The maximum absolute atomic E-state index is 11.1. The number of carbonyl (C=O) groups is 1. The van der Waals surface area contributed by atoms with Gasteiger partial charge in [-0.25, -0.2) is 4.79 Å². The SMILES string of the molecule is Cc1ccc(C(=O)O)c(-c2ccc(O)cc2)c1. The van der Waals surface area contributed by atoms with Crippen molar-refractivity contribution >= 4 is 5.97 Å². The third-order valence-corrected chi connectivity index (χ3v) is 2.58. The van der Waals surface area contributed by atoms with E-state index in [0.29, 0.717) is 5.56 Å². The van der Waals surface area contributed by atoms with E-state index < -0.39 is 5.97 Å². The van der Waals surface area contributed by atoms with Gasteiger partial charge in [0.25, 0.3) is 0 Å². The Balaban J connectivity index is 2.60. The van der Waals surface area contributed by atoms with E-state index in [4.69, 9.17) is 5.11 Å². The van der Waals surface area contributed by atoms with Crippen molar-refractivity contribution in [2.75, 3.05) is 0 Å². The van der Waals surface area contributed by atoms with Crippen LogP contribution in [0, 0.1) is 6.92 Å². The van der Waals surface area contributed by atoms with Crippen LogP contribution in [0.25, 0.3) is 11.1 Å². The standard InChI is InChI=1S/C14H12O3/c1-9-2-7-12(14(16)17)13(8-9)10-3-5-11(15)6-4-10/h2-8,15H,1H3,(H,16,17). The van der Waals surface area contributed by atoms with Gasteiger partial charge in [-0.1, -0.05) is 29.8 Å². The van der Waals surface area contributed by atoms with Crippen molar-refractivity contribution in [3.63, 3.8) is 0 Å². The van der Waals surface area contributed by atoms with E-state index in [1.807, 2.05) is 13.0 Å². The molecule has 0 spiro atoms. The Morgan fingerprint density at radius 3 is 2.29 bits per heavy atom. The molecule has 0 radical (unpaired) electrons. The summed E-state index contributed by atoms with van der Waals surface area (Å²) in [6, 6.07) is 11.7. The Morgan fingerprint density at radius 1 is 1.06 bits per heavy atom. The summed E-state index contributed by atoms with van der Waals surface area (Å²) in [6.45, 7) is 1.91. The third-order valence-electron chi connectivity index (χ3n) is 2.58. The van der Waals surface area contributed by atoms with E-state index in [0.717, 1.165) is 11.1 Å². The molecule has 2 aromatic carbocycles. The molecular formula is C14H12O3. The zero-order valence-corrected chi connectivity index (χ0v) is 9.34. The predicted molar refractivity (Wildman–Crippen MR) is 65.2 cm³/mol. The zero-order valence-electron chi connectivity index (χ0n) is 9.34. The van der Waals surface area contributed by atoms with Crippen molar-refractivity contribution in [2.24, 2.45) is 0 Å². The van der Waals surface area contributed by atoms with E-state index in [9.17, 15) is 9.90 Å². The number of phenolic OH excluding ortho intramolecular Hbond substituents is 1. The van der Waals surface area contributed by atoms with Gasteiger partial charge < -0.3 is 10.2 Å². The monoisotopic (exact) mass is 228 g/mol. The van der Waals surface area contributed by atoms with Crippen molar-refractivity contribution in [3.05, 3.63) is 53.6 Å². The quantitative estimate of drug-likeness (QED) is 0.830. The first-order valence-electron chi connectivity index (χ1n) is 5.21. The van der Waals surface area contributed by atoms with Gasteiger partial charge in [0.15, 0.2) is 0 Å². The van der Waals surface area contributed by atoms with Crippen LogP contribution in [-0.2, 0) is 0 Å². The molecule has 2 aromatic rings. The Morgan fingerprint density at radius 2 is 1.71 bits per heavy atom. The lowest BCUT2D eigenvalue weighted by Gasteiger charge is -2.07. The van der Waals surface area contributed by atoms with Gasteiger partial charge in [0.1, 0.15) is 5.75 Å². The average molecular weight is 228 g/mol. The molecule has 2 rings (SSSR count). The van der Waals surface area contributed by atoms with Crippen LogP contribution in [0.1, 0.15) is 15.9 Å². The molecule has 0 heterocycles. The number of hydrogen-bond donors (Lipinski definition) is 2. The number of aromatic hydroxyl groups is 1. The van der Waals surface area contributed by atoms with Crippen LogP contribution >= 0.6 is 0 Å². The first kappa shape index (κ1) is 11.2. The summed E-state index contributed by atoms with van der Waals surface area (Å²) in [7, 11) is 0. The van der Waals surface area contributed by atoms with Crippen LogP contribution in [0.4, 0.5) is 0 Å². The Bertz CT molecular complexity index is 556. The minimum absolute atomic E-state index is 0.165. The molecule has 0 saturated carbocycles. The highest BCUT2D eigenvalue weighted by Gasteiger charge is 2.11. The highest BCUT2D eigenvalue weighted by molar-refractivity contribution is 5.96. The van der Waals surface area contributed by atoms with Gasteiger partial charge in [0.2, 0.25) is 0 Å². The highest BCUT2D eigenvalue weighted by Crippen LogP contribution is 2.26. The molecule has 0 aliphatic heterocycles. The van der Waals surface area contributed by atoms with Gasteiger partial charge in [0.05, 0.1) is 5.56 Å². The summed E-state index contributed by atoms with van der Waals surface area (Å²) in [5, 5.41) is 18.3. The van der Waals surface area contributed by atoms with E-state index in [1.165, 1.54) is 0 Å². The molecule has 2 N–H and O–H groups in total. The second-order valence-corrected chi connectivity index (χ2v) is 3.90. The predicted octanol–water partition coefficient (Wildman–Crippen LogP) is 3.07. The second-order valence-electron chi connectivity index (χ2n) is 3.90. The van der Waals surface area contributed by atoms with E-state index in [1.54, 1.807) is 36.4 Å². The van der Waals surface area contributed by atoms with Crippen LogP contribution in [0.2, 0.25) is 0 Å². The lowest BCUT2D eigenvalue weighted by molar-refractivity contribution is 0.0697. The topological polar surface area (TPSA) is 57.5 Å². The summed E-state index contributed by atoms with van der Waals surface area (Å²) < 4.78 is 0. The van der Waals surface area contributed by atoms with Gasteiger partial charge in [-0.2, -0.15) is 0 Å². The van der Waals surface area contributed by atoms with Gasteiger partial charge >= 0.3 is 5.97 Å². The van der Waals surface area contributed by atoms with Gasteiger partial charge in [-0.15, -0.1) is 0 Å². The van der Waals surface area contributed by atoms with Crippen molar-refractivity contribution < 1.29 is 15.0 Å². The first-order valence-corrected chi connectivity index (χ1v) is 5.21. The van der Waals surface area contributed by atoms with Crippen LogP contribution in [0.3, 0.4) is 0 Å². The van der Waals surface area contributed by atoms with Crippen LogP contribution in [-0.4, -0.2) is 16.2 Å². The molecule has 0 atom stereocenters. The molecule has 17 heavy (non-hydrogen) atoms. The van der Waals surface area contributed by atoms with Crippen molar-refractivity contribution in [1.82, 2.24) is 0 Å². The molecule has 86 valence electrons. The molecule has 0 amide bonds. The number of aryl methyl sites for hydroxylation is 1. The molecule has 0 bridgehead atoms. The van der Waals surface area contributed by atoms with Crippen LogP contribution in [0.15, 0.2) is 42.5 Å². The fourth-order valence-electron chi connectivity index (χ4n) is 1.72. The molecule has 3 nitrogen and oxygen atoms in total. The number of rotatable bonds is 2. The number of aromatic carboxylic acids is 1. The Hall–Kier alpha value is -2.29. The number of hydrogen-bond acceptors (Lipinski definition) is 2. The molecule has 0 saturated heterocycles. The zero-order chi connectivity index (χ0) is 12.4. The fourth-order valence-corrected chi connectivity index (χ4v) is 1.72. The molecule has 0 aliphatic carbocycles. The van der Waals surface area contributed by atoms with Crippen molar-refractivity contribution in [2.45, 2.75) is 6.92 Å². The van der Waals surface area contributed by atoms with Crippen LogP contribution in [0.5, 0.6) is 5.75 Å². The summed E-state index contributed by atoms with van der Waals surface area (Å²) in [6.07, 6.45) is 0. The number of phenols is 1. The summed E-state index contributed by atoms with van der Waals surface area (Å²) in [4.78, 5) is 11.1. The summed E-state index contributed by atoms with van der Waals surface area (Å²) >= 11 is 0. The number of carboxylic acids is 1. The smallest absolute Gasteiger partial charge is 0.336 e. The minimum atomic E-state index is -0.951. The van der Waals surface area contributed by atoms with Crippen molar-refractivity contribution in [3.8, 4) is 16.9 Å². The maximum atomic E-state index is 11.1. The van der Waals surface area contributed by atoms with E-state index in [-0.39, 0.29) is 11.3 Å². The normalized spacial score (nSPS) is 10.2. The van der Waals surface area contributed by atoms with E-state index >= 15 is 0 Å². The summed E-state index contributed by atoms with van der Waals surface area (Å²) in [5.41, 5.74) is 2.71. The fraction of sp³-hybridized carbons (Fsp3) is 0.0714. The lowest BCUT2D eigenvalue weighted by Crippen LogP contribution is -1.99. The van der Waals surface area contributed by atoms with Crippen molar-refractivity contribution in [1.29, 1.82) is 0 Å². The second kappa shape index (κ2) is 4.29. The average Bonchev–Trinajstić information content (AvgIpc) is 2.29. The first-order chi connectivity index (χ1) is 8.08. The minimum Gasteiger partial charge on any atom is -0.508 e. The molecule has 0 fully saturated rings. The number of benzene rings is 2. The molecule has 0 aliphatic rings. The van der Waals surface area contributed by atoms with Crippen LogP contribution < -0.4 is 0 Å². The number of carboxylic acid groups (broad SMARTS) is 1. The van der Waals surface area contributed by atoms with E-state index in [2.05, 4.69) is 0 Å². The Labute approximate surface area is 99.0 Å². The van der Waals surface area contributed by atoms with Gasteiger partial charge in [-0.3, -0.25) is 0 Å². The maximum Gasteiger partial charge on any atom is 0.336 e. The Kier molecular flexibility index (Phi) is 2.83. The molecule has 3 heteroatoms.